The number of aryl methyl sites for hydroxylation is 2. The number of hydrogen-bond acceptors (Lipinski definition) is 5. The number of amides is 1. The standard InChI is InChI=1S/C22H23N3O3S3/c1-4-9-25-18-13-15(2)16(3)14-19(18)30-22(25)23-21(26)17-7-10-24(11-8-17)31(27,28)20-6-5-12-29-20/h1,5-6,12-14,17H,7-11H2,2-3H3. The number of benzene rings is 1. The molecule has 0 saturated carbocycles. The predicted molar refractivity (Wildman–Crippen MR) is 124 cm³/mol. The fraction of sp³-hybridized carbons (Fsp3) is 0.364. The maximum Gasteiger partial charge on any atom is 0.252 e. The summed E-state index contributed by atoms with van der Waals surface area (Å²) < 4.78 is 30.1. The Hall–Kier alpha value is -2.25. The lowest BCUT2D eigenvalue weighted by molar-refractivity contribution is -0.122. The Kier molecular flexibility index (Phi) is 6.17. The average molecular weight is 474 g/mol. The highest BCUT2D eigenvalue weighted by atomic mass is 32.2. The molecular weight excluding hydrogens is 450 g/mol. The Bertz CT molecular complexity index is 1330. The third kappa shape index (κ3) is 4.26. The highest BCUT2D eigenvalue weighted by Crippen LogP contribution is 2.27. The first-order valence-corrected chi connectivity index (χ1v) is 13.1. The van der Waals surface area contributed by atoms with E-state index < -0.39 is 10.0 Å². The third-order valence-electron chi connectivity index (χ3n) is 5.65. The van der Waals surface area contributed by atoms with Gasteiger partial charge in [0.05, 0.1) is 16.8 Å². The Labute approximate surface area is 189 Å². The van der Waals surface area contributed by atoms with E-state index in [1.807, 2.05) is 11.5 Å². The average Bonchev–Trinajstić information content (AvgIpc) is 3.39. The molecular formula is C22H23N3O3S3. The maximum absolute atomic E-state index is 12.9. The van der Waals surface area contributed by atoms with E-state index in [-0.39, 0.29) is 11.8 Å². The first-order chi connectivity index (χ1) is 14.8. The molecule has 0 N–H and O–H groups in total. The van der Waals surface area contributed by atoms with E-state index in [9.17, 15) is 13.2 Å². The second-order valence-corrected chi connectivity index (χ2v) is 11.8. The smallest absolute Gasteiger partial charge is 0.252 e. The van der Waals surface area contributed by atoms with Gasteiger partial charge in [-0.15, -0.1) is 17.8 Å². The molecule has 0 aliphatic carbocycles. The number of thiazole rings is 1. The summed E-state index contributed by atoms with van der Waals surface area (Å²) in [4.78, 5) is 17.9. The number of piperidine rings is 1. The minimum Gasteiger partial charge on any atom is -0.305 e. The Morgan fingerprint density at radius 1 is 1.26 bits per heavy atom. The Morgan fingerprint density at radius 3 is 2.61 bits per heavy atom. The molecule has 0 atom stereocenters. The van der Waals surface area contributed by atoms with Gasteiger partial charge in [-0.1, -0.05) is 23.3 Å². The van der Waals surface area contributed by atoms with Crippen molar-refractivity contribution in [3.05, 3.63) is 45.6 Å². The normalized spacial score (nSPS) is 16.6. The van der Waals surface area contributed by atoms with Gasteiger partial charge in [0.1, 0.15) is 4.21 Å². The van der Waals surface area contributed by atoms with Crippen molar-refractivity contribution in [3.8, 4) is 12.3 Å². The molecule has 1 aliphatic rings. The van der Waals surface area contributed by atoms with Crippen molar-refractivity contribution in [2.75, 3.05) is 13.1 Å². The molecule has 1 amide bonds. The van der Waals surface area contributed by atoms with Crippen LogP contribution in [0, 0.1) is 32.1 Å². The molecule has 1 saturated heterocycles. The van der Waals surface area contributed by atoms with Crippen LogP contribution in [0.3, 0.4) is 0 Å². The number of carbonyl (C=O) groups is 1. The van der Waals surface area contributed by atoms with Crippen LogP contribution < -0.4 is 4.80 Å². The number of fused-ring (bicyclic) bond motifs is 1. The molecule has 3 heterocycles. The molecule has 9 heteroatoms. The lowest BCUT2D eigenvalue weighted by Crippen LogP contribution is -2.40. The molecule has 0 bridgehead atoms. The van der Waals surface area contributed by atoms with Crippen LogP contribution in [0.5, 0.6) is 0 Å². The van der Waals surface area contributed by atoms with Crippen molar-refractivity contribution in [3.63, 3.8) is 0 Å². The van der Waals surface area contributed by atoms with Crippen molar-refractivity contribution in [2.24, 2.45) is 10.9 Å². The molecule has 0 radical (unpaired) electrons. The van der Waals surface area contributed by atoms with Gasteiger partial charge in [-0.2, -0.15) is 9.30 Å². The molecule has 0 spiro atoms. The quantitative estimate of drug-likeness (QED) is 0.544. The zero-order chi connectivity index (χ0) is 22.2. The molecule has 2 aromatic heterocycles. The molecule has 162 valence electrons. The summed E-state index contributed by atoms with van der Waals surface area (Å²) in [5, 5.41) is 1.75. The molecule has 1 aliphatic heterocycles. The van der Waals surface area contributed by atoms with E-state index >= 15 is 0 Å². The van der Waals surface area contributed by atoms with E-state index in [1.54, 1.807) is 17.5 Å². The van der Waals surface area contributed by atoms with Gasteiger partial charge in [-0.3, -0.25) is 4.79 Å². The van der Waals surface area contributed by atoms with E-state index in [1.165, 1.54) is 32.5 Å². The van der Waals surface area contributed by atoms with Gasteiger partial charge in [0.15, 0.2) is 4.80 Å². The highest BCUT2D eigenvalue weighted by molar-refractivity contribution is 7.91. The summed E-state index contributed by atoms with van der Waals surface area (Å²) in [6.07, 6.45) is 6.49. The number of aromatic nitrogens is 1. The summed E-state index contributed by atoms with van der Waals surface area (Å²) in [7, 11) is -3.48. The van der Waals surface area contributed by atoms with Gasteiger partial charge in [-0.25, -0.2) is 8.42 Å². The van der Waals surface area contributed by atoms with Crippen LogP contribution in [0.25, 0.3) is 10.2 Å². The van der Waals surface area contributed by atoms with Crippen LogP contribution in [0.2, 0.25) is 0 Å². The van der Waals surface area contributed by atoms with Gasteiger partial charge in [-0.05, 0) is 61.4 Å². The molecule has 1 aromatic carbocycles. The first kappa shape index (κ1) is 22.0. The first-order valence-electron chi connectivity index (χ1n) is 9.97. The zero-order valence-corrected chi connectivity index (χ0v) is 19.8. The van der Waals surface area contributed by atoms with Crippen LogP contribution in [0.4, 0.5) is 0 Å². The summed E-state index contributed by atoms with van der Waals surface area (Å²) in [6, 6.07) is 7.52. The van der Waals surface area contributed by atoms with Crippen molar-refractivity contribution in [1.29, 1.82) is 0 Å². The van der Waals surface area contributed by atoms with Crippen LogP contribution >= 0.6 is 22.7 Å². The van der Waals surface area contributed by atoms with E-state index in [4.69, 9.17) is 6.42 Å². The monoisotopic (exact) mass is 473 g/mol. The number of sulfonamides is 1. The van der Waals surface area contributed by atoms with Crippen LogP contribution in [-0.2, 0) is 21.4 Å². The number of thiophene rings is 1. The lowest BCUT2D eigenvalue weighted by Gasteiger charge is -2.29. The number of hydrogen-bond donors (Lipinski definition) is 0. The van der Waals surface area contributed by atoms with Crippen molar-refractivity contribution in [2.45, 2.75) is 37.4 Å². The second-order valence-electron chi connectivity index (χ2n) is 7.64. The molecule has 31 heavy (non-hydrogen) atoms. The largest absolute Gasteiger partial charge is 0.305 e. The van der Waals surface area contributed by atoms with E-state index in [0.717, 1.165) is 15.8 Å². The van der Waals surface area contributed by atoms with Crippen molar-refractivity contribution >= 4 is 48.8 Å². The molecule has 6 nitrogen and oxygen atoms in total. The predicted octanol–water partition coefficient (Wildman–Crippen LogP) is 3.54. The van der Waals surface area contributed by atoms with Gasteiger partial charge >= 0.3 is 0 Å². The van der Waals surface area contributed by atoms with Crippen LogP contribution in [0.1, 0.15) is 24.0 Å². The summed E-state index contributed by atoms with van der Waals surface area (Å²) >= 11 is 2.67. The fourth-order valence-electron chi connectivity index (χ4n) is 3.72. The number of carbonyl (C=O) groups excluding carboxylic acids is 1. The van der Waals surface area contributed by atoms with Gasteiger partial charge in [0, 0.05) is 19.0 Å². The SMILES string of the molecule is C#CCn1c(=NC(=O)C2CCN(S(=O)(=O)c3cccs3)CC2)sc2cc(C)c(C)cc21. The summed E-state index contributed by atoms with van der Waals surface area (Å²) in [5.74, 6) is 2.15. The Balaban J connectivity index is 1.57. The van der Waals surface area contributed by atoms with E-state index in [2.05, 4.69) is 30.0 Å². The van der Waals surface area contributed by atoms with Gasteiger partial charge < -0.3 is 4.57 Å². The van der Waals surface area contributed by atoms with Crippen molar-refractivity contribution < 1.29 is 13.2 Å². The van der Waals surface area contributed by atoms with Gasteiger partial charge in [0.25, 0.3) is 15.9 Å². The Morgan fingerprint density at radius 2 is 1.97 bits per heavy atom. The van der Waals surface area contributed by atoms with E-state index in [0.29, 0.717) is 41.5 Å². The molecule has 4 rings (SSSR count). The molecule has 0 unspecified atom stereocenters. The topological polar surface area (TPSA) is 71.7 Å². The minimum absolute atomic E-state index is 0.209. The summed E-state index contributed by atoms with van der Waals surface area (Å²) in [6.45, 7) is 5.08. The highest BCUT2D eigenvalue weighted by Gasteiger charge is 2.32. The van der Waals surface area contributed by atoms with Crippen LogP contribution in [0.15, 0.2) is 38.8 Å². The third-order valence-corrected chi connectivity index (χ3v) is 9.96. The van der Waals surface area contributed by atoms with Crippen LogP contribution in [-0.4, -0.2) is 36.3 Å². The lowest BCUT2D eigenvalue weighted by atomic mass is 9.98. The molecule has 1 fully saturated rings. The van der Waals surface area contributed by atoms with Gasteiger partial charge in [0.2, 0.25) is 0 Å². The zero-order valence-electron chi connectivity index (χ0n) is 17.4. The number of rotatable bonds is 4. The fourth-order valence-corrected chi connectivity index (χ4v) is 7.45. The number of terminal acetylenes is 1. The maximum atomic E-state index is 12.9. The number of nitrogens with zero attached hydrogens (tertiary/aromatic N) is 3. The molecule has 3 aromatic rings. The van der Waals surface area contributed by atoms with Crippen molar-refractivity contribution in [1.82, 2.24) is 8.87 Å². The minimum atomic E-state index is -3.48. The second kappa shape index (κ2) is 8.71. The summed E-state index contributed by atoms with van der Waals surface area (Å²) in [5.41, 5.74) is 3.32.